The number of carbonyl (C=O) groups is 1. The van der Waals surface area contributed by atoms with Gasteiger partial charge in [-0.25, -0.2) is 0 Å². The second-order valence-corrected chi connectivity index (χ2v) is 4.88. The first kappa shape index (κ1) is 12.8. The quantitative estimate of drug-likeness (QED) is 0.666. The van der Waals surface area contributed by atoms with Crippen molar-refractivity contribution in [2.75, 3.05) is 13.2 Å². The minimum atomic E-state index is -0.119. The maximum atomic E-state index is 11.1. The average Bonchev–Trinajstić information content (AvgIpc) is 2.04. The van der Waals surface area contributed by atoms with Crippen LogP contribution in [0.3, 0.4) is 0 Å². The molecule has 0 aliphatic rings. The Kier molecular flexibility index (Phi) is 7.09. The van der Waals surface area contributed by atoms with Crippen molar-refractivity contribution in [2.45, 2.75) is 37.7 Å². The van der Waals surface area contributed by atoms with Crippen molar-refractivity contribution < 1.29 is 9.53 Å². The molecule has 0 saturated carbocycles. The van der Waals surface area contributed by atoms with Crippen molar-refractivity contribution in [3.05, 3.63) is 0 Å². The fourth-order valence-electron chi connectivity index (χ4n) is 0.955. The molecule has 0 aliphatic heterocycles. The maximum Gasteiger partial charge on any atom is 0.306 e. The van der Waals surface area contributed by atoms with E-state index in [2.05, 4.69) is 6.92 Å². The first-order valence-electron chi connectivity index (χ1n) is 4.61. The molecule has 0 aromatic heterocycles. The fourth-order valence-corrected chi connectivity index (χ4v) is 2.09. The van der Waals surface area contributed by atoms with Crippen LogP contribution in [0, 0.1) is 0 Å². The molecule has 0 aromatic rings. The lowest BCUT2D eigenvalue weighted by Crippen LogP contribution is -2.18. The van der Waals surface area contributed by atoms with Gasteiger partial charge in [0.15, 0.2) is 0 Å². The molecule has 0 heterocycles. The van der Waals surface area contributed by atoms with E-state index in [4.69, 9.17) is 10.5 Å². The van der Waals surface area contributed by atoms with E-state index in [0.29, 0.717) is 24.8 Å². The molecule has 0 rings (SSSR count). The highest BCUT2D eigenvalue weighted by Gasteiger charge is 2.12. The highest BCUT2D eigenvalue weighted by atomic mass is 32.2. The van der Waals surface area contributed by atoms with Crippen LogP contribution in [0.15, 0.2) is 0 Å². The van der Waals surface area contributed by atoms with Gasteiger partial charge in [0.1, 0.15) is 0 Å². The van der Waals surface area contributed by atoms with E-state index >= 15 is 0 Å². The van der Waals surface area contributed by atoms with Crippen LogP contribution in [0.5, 0.6) is 0 Å². The number of thioether (sulfide) groups is 1. The van der Waals surface area contributed by atoms with Crippen LogP contribution in [-0.2, 0) is 9.53 Å². The zero-order valence-electron chi connectivity index (χ0n) is 8.58. The number of carbonyl (C=O) groups excluding carboxylic acids is 1. The SMILES string of the molecule is CCOC(=O)CC(C)SC(C)CN. The smallest absolute Gasteiger partial charge is 0.306 e. The van der Waals surface area contributed by atoms with Gasteiger partial charge >= 0.3 is 5.97 Å². The Bertz CT molecular complexity index is 153. The molecule has 13 heavy (non-hydrogen) atoms. The third-order valence-corrected chi connectivity index (χ3v) is 2.84. The van der Waals surface area contributed by atoms with Crippen molar-refractivity contribution >= 4 is 17.7 Å². The molecule has 0 aliphatic carbocycles. The fraction of sp³-hybridized carbons (Fsp3) is 0.889. The molecule has 2 N–H and O–H groups in total. The van der Waals surface area contributed by atoms with Crippen molar-refractivity contribution in [1.82, 2.24) is 0 Å². The zero-order chi connectivity index (χ0) is 10.3. The van der Waals surface area contributed by atoms with E-state index in [9.17, 15) is 4.79 Å². The number of ether oxygens (including phenoxy) is 1. The van der Waals surface area contributed by atoms with Gasteiger partial charge in [-0.05, 0) is 6.92 Å². The summed E-state index contributed by atoms with van der Waals surface area (Å²) in [6.07, 6.45) is 0.475. The third-order valence-electron chi connectivity index (χ3n) is 1.56. The van der Waals surface area contributed by atoms with Crippen molar-refractivity contribution in [3.8, 4) is 0 Å². The van der Waals surface area contributed by atoms with Gasteiger partial charge in [-0.2, -0.15) is 11.8 Å². The largest absolute Gasteiger partial charge is 0.466 e. The lowest BCUT2D eigenvalue weighted by Gasteiger charge is -2.14. The van der Waals surface area contributed by atoms with E-state index in [0.717, 1.165) is 0 Å². The van der Waals surface area contributed by atoms with Crippen LogP contribution < -0.4 is 5.73 Å². The molecule has 0 spiro atoms. The molecule has 0 bridgehead atoms. The van der Waals surface area contributed by atoms with Crippen LogP contribution in [0.25, 0.3) is 0 Å². The molecule has 0 aromatic carbocycles. The van der Waals surface area contributed by atoms with Crippen molar-refractivity contribution in [2.24, 2.45) is 5.73 Å². The van der Waals surface area contributed by atoms with Crippen molar-refractivity contribution in [3.63, 3.8) is 0 Å². The molecule has 0 amide bonds. The van der Waals surface area contributed by atoms with E-state index in [1.165, 1.54) is 0 Å². The van der Waals surface area contributed by atoms with E-state index in [-0.39, 0.29) is 11.2 Å². The number of nitrogens with two attached hydrogens (primary N) is 1. The standard InChI is InChI=1S/C9H19NO2S/c1-4-12-9(11)5-7(2)13-8(3)6-10/h7-8H,4-6,10H2,1-3H3. The van der Waals surface area contributed by atoms with E-state index in [1.807, 2.05) is 13.8 Å². The predicted octanol–water partition coefficient (Wildman–Crippen LogP) is 1.41. The molecule has 3 nitrogen and oxygen atoms in total. The Morgan fingerprint density at radius 3 is 2.54 bits per heavy atom. The third kappa shape index (κ3) is 6.90. The molecular formula is C9H19NO2S. The van der Waals surface area contributed by atoms with Gasteiger partial charge in [-0.15, -0.1) is 0 Å². The summed E-state index contributed by atoms with van der Waals surface area (Å²) in [7, 11) is 0. The lowest BCUT2D eigenvalue weighted by atomic mass is 10.3. The van der Waals surface area contributed by atoms with Gasteiger partial charge in [0.05, 0.1) is 13.0 Å². The molecule has 4 heteroatoms. The van der Waals surface area contributed by atoms with Gasteiger partial charge in [0.25, 0.3) is 0 Å². The van der Waals surface area contributed by atoms with Crippen LogP contribution in [-0.4, -0.2) is 29.6 Å². The first-order valence-corrected chi connectivity index (χ1v) is 5.55. The Balaban J connectivity index is 3.60. The van der Waals surface area contributed by atoms with Crippen LogP contribution in [0.1, 0.15) is 27.2 Å². The molecular weight excluding hydrogens is 186 g/mol. The summed E-state index contributed by atoms with van der Waals surface area (Å²) in [5.74, 6) is -0.119. The molecule has 0 saturated heterocycles. The molecule has 0 radical (unpaired) electrons. The van der Waals surface area contributed by atoms with Gasteiger partial charge in [-0.1, -0.05) is 13.8 Å². The highest BCUT2D eigenvalue weighted by Crippen LogP contribution is 2.19. The van der Waals surface area contributed by atoms with Gasteiger partial charge in [0.2, 0.25) is 0 Å². The summed E-state index contributed by atoms with van der Waals surface area (Å²) < 4.78 is 4.84. The number of esters is 1. The zero-order valence-corrected chi connectivity index (χ0v) is 9.39. The maximum absolute atomic E-state index is 11.1. The average molecular weight is 205 g/mol. The Hall–Kier alpha value is -0.220. The van der Waals surface area contributed by atoms with Crippen LogP contribution >= 0.6 is 11.8 Å². The summed E-state index contributed by atoms with van der Waals surface area (Å²) in [6.45, 7) is 7.01. The topological polar surface area (TPSA) is 52.3 Å². The summed E-state index contributed by atoms with van der Waals surface area (Å²) in [5.41, 5.74) is 5.47. The van der Waals surface area contributed by atoms with Gasteiger partial charge < -0.3 is 10.5 Å². The molecule has 78 valence electrons. The van der Waals surface area contributed by atoms with Gasteiger partial charge in [0, 0.05) is 17.0 Å². The molecule has 2 unspecified atom stereocenters. The number of hydrogen-bond acceptors (Lipinski definition) is 4. The van der Waals surface area contributed by atoms with Crippen molar-refractivity contribution in [1.29, 1.82) is 0 Å². The Labute approximate surface area is 84.4 Å². The van der Waals surface area contributed by atoms with E-state index < -0.39 is 0 Å². The first-order chi connectivity index (χ1) is 6.10. The summed E-state index contributed by atoms with van der Waals surface area (Å²) >= 11 is 1.73. The highest BCUT2D eigenvalue weighted by molar-refractivity contribution is 8.00. The van der Waals surface area contributed by atoms with Crippen LogP contribution in [0.4, 0.5) is 0 Å². The second-order valence-electron chi connectivity index (χ2n) is 3.00. The monoisotopic (exact) mass is 205 g/mol. The number of rotatable bonds is 6. The molecule has 0 fully saturated rings. The predicted molar refractivity (Wildman–Crippen MR) is 56.8 cm³/mol. The van der Waals surface area contributed by atoms with Crippen LogP contribution in [0.2, 0.25) is 0 Å². The normalized spacial score (nSPS) is 15.1. The Morgan fingerprint density at radius 2 is 2.08 bits per heavy atom. The molecule has 2 atom stereocenters. The Morgan fingerprint density at radius 1 is 1.46 bits per heavy atom. The lowest BCUT2D eigenvalue weighted by molar-refractivity contribution is -0.142. The van der Waals surface area contributed by atoms with Gasteiger partial charge in [-0.3, -0.25) is 4.79 Å². The van der Waals surface area contributed by atoms with E-state index in [1.54, 1.807) is 11.8 Å². The summed E-state index contributed by atoms with van der Waals surface area (Å²) in [6, 6.07) is 0. The second kappa shape index (κ2) is 7.21. The summed E-state index contributed by atoms with van der Waals surface area (Å²) in [5, 5.41) is 0.696. The number of hydrogen-bond donors (Lipinski definition) is 1. The minimum Gasteiger partial charge on any atom is -0.466 e. The summed E-state index contributed by atoms with van der Waals surface area (Å²) in [4.78, 5) is 11.1. The minimum absolute atomic E-state index is 0.119.